The fourth-order valence-electron chi connectivity index (χ4n) is 4.36. The van der Waals surface area contributed by atoms with Gasteiger partial charge in [-0.15, -0.1) is 11.3 Å². The molecule has 0 spiro atoms. The number of imidazole rings is 1. The van der Waals surface area contributed by atoms with Crippen LogP contribution in [0.3, 0.4) is 0 Å². The zero-order chi connectivity index (χ0) is 21.2. The van der Waals surface area contributed by atoms with Crippen molar-refractivity contribution in [3.8, 4) is 11.3 Å². The van der Waals surface area contributed by atoms with Crippen LogP contribution in [0.2, 0.25) is 0 Å². The standard InChI is InChI=1S/C24H27N3O2S2/c1-17(23(28)26-11-9-22-19(15-26)10-13-30-22)31-24-25-14-21(18-6-3-2-4-7-18)27(24)16-20-8-5-12-29-20/h2-4,6-7,10,13-14,17,20H,5,8-9,11-12,15-16H2,1H3. The van der Waals surface area contributed by atoms with Crippen LogP contribution in [0.5, 0.6) is 0 Å². The first-order valence-corrected chi connectivity index (χ1v) is 12.7. The van der Waals surface area contributed by atoms with Crippen molar-refractivity contribution in [2.75, 3.05) is 13.2 Å². The van der Waals surface area contributed by atoms with Crippen LogP contribution in [0.4, 0.5) is 0 Å². The Bertz CT molecular complexity index is 1040. The molecule has 31 heavy (non-hydrogen) atoms. The molecule has 2 aliphatic heterocycles. The molecular formula is C24H27N3O2S2. The number of benzene rings is 1. The van der Waals surface area contributed by atoms with E-state index in [1.165, 1.54) is 10.4 Å². The van der Waals surface area contributed by atoms with Gasteiger partial charge in [-0.1, -0.05) is 42.1 Å². The van der Waals surface area contributed by atoms with Crippen molar-refractivity contribution in [1.29, 1.82) is 0 Å². The highest BCUT2D eigenvalue weighted by molar-refractivity contribution is 8.00. The van der Waals surface area contributed by atoms with Crippen molar-refractivity contribution in [2.45, 2.75) is 55.8 Å². The number of ether oxygens (including phenoxy) is 1. The Kier molecular flexibility index (Phi) is 6.16. The van der Waals surface area contributed by atoms with Gasteiger partial charge in [-0.3, -0.25) is 4.79 Å². The summed E-state index contributed by atoms with van der Waals surface area (Å²) in [5, 5.41) is 2.84. The molecule has 5 rings (SSSR count). The summed E-state index contributed by atoms with van der Waals surface area (Å²) in [6.07, 6.45) is 5.28. The molecule has 7 heteroatoms. The lowest BCUT2D eigenvalue weighted by Crippen LogP contribution is -2.39. The Hall–Kier alpha value is -2.09. The van der Waals surface area contributed by atoms with E-state index in [0.717, 1.165) is 61.9 Å². The molecule has 162 valence electrons. The van der Waals surface area contributed by atoms with Gasteiger partial charge in [0.05, 0.1) is 29.8 Å². The molecule has 4 heterocycles. The fraction of sp³-hybridized carbons (Fsp3) is 0.417. The molecule has 0 radical (unpaired) electrons. The number of fused-ring (bicyclic) bond motifs is 1. The zero-order valence-electron chi connectivity index (χ0n) is 17.7. The molecule has 3 aromatic rings. The largest absolute Gasteiger partial charge is 0.376 e. The lowest BCUT2D eigenvalue weighted by atomic mass is 10.1. The van der Waals surface area contributed by atoms with Gasteiger partial charge in [0.1, 0.15) is 0 Å². The number of carbonyl (C=O) groups is 1. The number of nitrogens with zero attached hydrogens (tertiary/aromatic N) is 3. The normalized spacial score (nSPS) is 19.4. The molecule has 1 amide bonds. The van der Waals surface area contributed by atoms with Gasteiger partial charge < -0.3 is 14.2 Å². The number of rotatable bonds is 6. The van der Waals surface area contributed by atoms with Crippen LogP contribution in [0.15, 0.2) is 53.1 Å². The minimum absolute atomic E-state index is 0.186. The summed E-state index contributed by atoms with van der Waals surface area (Å²) in [5.74, 6) is 0.190. The van der Waals surface area contributed by atoms with E-state index >= 15 is 0 Å². The third-order valence-corrected chi connectivity index (χ3v) is 8.16. The number of aromatic nitrogens is 2. The van der Waals surface area contributed by atoms with Crippen LogP contribution in [-0.4, -0.2) is 44.9 Å². The quantitative estimate of drug-likeness (QED) is 0.500. The number of carbonyl (C=O) groups excluding carboxylic acids is 1. The highest BCUT2D eigenvalue weighted by atomic mass is 32.2. The number of thioether (sulfide) groups is 1. The average molecular weight is 454 g/mol. The van der Waals surface area contributed by atoms with Gasteiger partial charge in [-0.05, 0) is 48.8 Å². The first-order valence-electron chi connectivity index (χ1n) is 10.9. The minimum Gasteiger partial charge on any atom is -0.376 e. The molecule has 2 unspecified atom stereocenters. The summed E-state index contributed by atoms with van der Waals surface area (Å²) in [5.41, 5.74) is 3.52. The van der Waals surface area contributed by atoms with Gasteiger partial charge in [0.25, 0.3) is 0 Å². The second-order valence-electron chi connectivity index (χ2n) is 8.18. The molecule has 1 aromatic carbocycles. The van der Waals surface area contributed by atoms with E-state index in [-0.39, 0.29) is 17.3 Å². The second-order valence-corrected chi connectivity index (χ2v) is 10.5. The van der Waals surface area contributed by atoms with Gasteiger partial charge in [-0.25, -0.2) is 4.98 Å². The van der Waals surface area contributed by atoms with E-state index in [2.05, 4.69) is 28.1 Å². The van der Waals surface area contributed by atoms with Gasteiger partial charge in [-0.2, -0.15) is 0 Å². The van der Waals surface area contributed by atoms with E-state index in [9.17, 15) is 4.79 Å². The third kappa shape index (κ3) is 4.45. The van der Waals surface area contributed by atoms with Crippen LogP contribution in [0, 0.1) is 0 Å². The molecule has 5 nitrogen and oxygen atoms in total. The van der Waals surface area contributed by atoms with Gasteiger partial charge in [0, 0.05) is 24.6 Å². The number of thiophene rings is 1. The monoisotopic (exact) mass is 453 g/mol. The first kappa shape index (κ1) is 20.8. The average Bonchev–Trinajstić information content (AvgIpc) is 3.55. The SMILES string of the molecule is CC(Sc1ncc(-c2ccccc2)n1CC1CCCO1)C(=O)N1CCc2sccc2C1. The Morgan fingerprint density at radius 3 is 3.00 bits per heavy atom. The molecule has 0 bridgehead atoms. The molecule has 1 fully saturated rings. The lowest BCUT2D eigenvalue weighted by molar-refractivity contribution is -0.131. The van der Waals surface area contributed by atoms with Crippen LogP contribution < -0.4 is 0 Å². The summed E-state index contributed by atoms with van der Waals surface area (Å²) in [7, 11) is 0. The van der Waals surface area contributed by atoms with Crippen molar-refractivity contribution in [2.24, 2.45) is 0 Å². The smallest absolute Gasteiger partial charge is 0.236 e. The Balaban J connectivity index is 1.35. The predicted molar refractivity (Wildman–Crippen MR) is 125 cm³/mol. The number of hydrogen-bond donors (Lipinski definition) is 0. The summed E-state index contributed by atoms with van der Waals surface area (Å²) in [4.78, 5) is 21.4. The summed E-state index contributed by atoms with van der Waals surface area (Å²) in [6, 6.07) is 12.5. The lowest BCUT2D eigenvalue weighted by Gasteiger charge is -2.29. The maximum Gasteiger partial charge on any atom is 0.236 e. The molecule has 2 atom stereocenters. The Morgan fingerprint density at radius 1 is 1.32 bits per heavy atom. The summed E-state index contributed by atoms with van der Waals surface area (Å²) >= 11 is 3.36. The van der Waals surface area contributed by atoms with E-state index in [0.29, 0.717) is 0 Å². The molecule has 1 saturated heterocycles. The van der Waals surface area contributed by atoms with Crippen molar-refractivity contribution in [3.63, 3.8) is 0 Å². The maximum absolute atomic E-state index is 13.2. The van der Waals surface area contributed by atoms with E-state index in [1.807, 2.05) is 36.2 Å². The Morgan fingerprint density at radius 2 is 2.19 bits per heavy atom. The minimum atomic E-state index is -0.186. The topological polar surface area (TPSA) is 47.4 Å². The first-order chi connectivity index (χ1) is 15.2. The molecule has 2 aromatic heterocycles. The van der Waals surface area contributed by atoms with Gasteiger partial charge >= 0.3 is 0 Å². The van der Waals surface area contributed by atoms with Crippen LogP contribution in [-0.2, 0) is 29.0 Å². The maximum atomic E-state index is 13.2. The van der Waals surface area contributed by atoms with Gasteiger partial charge in [0.2, 0.25) is 5.91 Å². The predicted octanol–water partition coefficient (Wildman–Crippen LogP) is 4.86. The molecular weight excluding hydrogens is 426 g/mol. The highest BCUT2D eigenvalue weighted by Gasteiger charge is 2.28. The van der Waals surface area contributed by atoms with Crippen molar-refractivity contribution in [1.82, 2.24) is 14.5 Å². The van der Waals surface area contributed by atoms with Crippen LogP contribution in [0.25, 0.3) is 11.3 Å². The summed E-state index contributed by atoms with van der Waals surface area (Å²) in [6.45, 7) is 5.13. The number of amides is 1. The fourth-order valence-corrected chi connectivity index (χ4v) is 6.23. The van der Waals surface area contributed by atoms with Crippen LogP contribution in [0.1, 0.15) is 30.2 Å². The van der Waals surface area contributed by atoms with Crippen molar-refractivity contribution < 1.29 is 9.53 Å². The van der Waals surface area contributed by atoms with Crippen molar-refractivity contribution >= 4 is 29.0 Å². The molecule has 2 aliphatic rings. The molecule has 0 saturated carbocycles. The number of hydrogen-bond acceptors (Lipinski definition) is 5. The molecule has 0 N–H and O–H groups in total. The van der Waals surface area contributed by atoms with Crippen LogP contribution >= 0.6 is 23.1 Å². The van der Waals surface area contributed by atoms with E-state index in [1.54, 1.807) is 23.1 Å². The Labute approximate surface area is 191 Å². The molecule has 0 aliphatic carbocycles. The summed E-state index contributed by atoms with van der Waals surface area (Å²) < 4.78 is 8.16. The second kappa shape index (κ2) is 9.18. The zero-order valence-corrected chi connectivity index (χ0v) is 19.3. The van der Waals surface area contributed by atoms with E-state index in [4.69, 9.17) is 9.72 Å². The van der Waals surface area contributed by atoms with E-state index < -0.39 is 0 Å². The van der Waals surface area contributed by atoms with Crippen molar-refractivity contribution in [3.05, 3.63) is 58.4 Å². The highest BCUT2D eigenvalue weighted by Crippen LogP contribution is 2.32. The third-order valence-electron chi connectivity index (χ3n) is 6.05. The van der Waals surface area contributed by atoms with Gasteiger partial charge in [0.15, 0.2) is 5.16 Å².